The number of aliphatic hydroxyl groups excluding tert-OH is 1. The molecule has 0 aromatic rings. The Kier molecular flexibility index (Phi) is 17.6. The molecule has 128 valence electrons. The Morgan fingerprint density at radius 1 is 0.864 bits per heavy atom. The number of hydrogen-bond acceptors (Lipinski definition) is 4. The summed E-state index contributed by atoms with van der Waals surface area (Å²) >= 11 is 0. The zero-order valence-corrected chi connectivity index (χ0v) is 17.5. The molecule has 0 aromatic carbocycles. The van der Waals surface area contributed by atoms with E-state index >= 15 is 0 Å². The molecule has 0 heterocycles. The molecule has 0 radical (unpaired) electrons. The maximum atomic E-state index is 10.9. The molecule has 2 unspecified atom stereocenters. The summed E-state index contributed by atoms with van der Waals surface area (Å²) in [5.74, 6) is 0. The van der Waals surface area contributed by atoms with Crippen molar-refractivity contribution in [2.45, 2.75) is 102 Å². The molecule has 1 N–H and O–H groups in total. The summed E-state index contributed by atoms with van der Waals surface area (Å²) in [6.45, 7) is 3.91. The van der Waals surface area contributed by atoms with Gasteiger partial charge in [-0.25, -0.2) is 8.42 Å². The number of rotatable bonds is 14. The van der Waals surface area contributed by atoms with Gasteiger partial charge in [0.15, 0.2) is 0 Å². The standard InChI is InChI=1S/C16H34O4S.Na/c1-3-5-9-12-15(17)13-10-7-6-8-11-14-16(4-2)21(18,19)20;/h15-17H,3-14H2,1-2H3,(H,18,19,20);/q;+1/p-1. The first-order chi connectivity index (χ1) is 9.91. The van der Waals surface area contributed by atoms with Crippen molar-refractivity contribution in [2.75, 3.05) is 0 Å². The summed E-state index contributed by atoms with van der Waals surface area (Å²) in [4.78, 5) is 0. The quantitative estimate of drug-likeness (QED) is 0.290. The molecule has 0 amide bonds. The van der Waals surface area contributed by atoms with Gasteiger partial charge < -0.3 is 9.66 Å². The fraction of sp³-hybridized carbons (Fsp3) is 1.00. The van der Waals surface area contributed by atoms with E-state index in [1.165, 1.54) is 12.8 Å². The fourth-order valence-electron chi connectivity index (χ4n) is 2.61. The third-order valence-corrected chi connectivity index (χ3v) is 5.45. The second-order valence-corrected chi connectivity index (χ2v) is 7.67. The van der Waals surface area contributed by atoms with Crippen LogP contribution < -0.4 is 29.6 Å². The van der Waals surface area contributed by atoms with E-state index in [1.54, 1.807) is 6.92 Å². The molecule has 0 saturated carbocycles. The summed E-state index contributed by atoms with van der Waals surface area (Å²) < 4.78 is 32.8. The van der Waals surface area contributed by atoms with Crippen LogP contribution in [0.4, 0.5) is 0 Å². The number of unbranched alkanes of at least 4 members (excludes halogenated alkanes) is 6. The first-order valence-corrected chi connectivity index (χ1v) is 10.0. The van der Waals surface area contributed by atoms with Crippen LogP contribution in [0.25, 0.3) is 0 Å². The van der Waals surface area contributed by atoms with E-state index in [2.05, 4.69) is 6.92 Å². The third-order valence-electron chi connectivity index (χ3n) is 4.07. The molecule has 2 atom stereocenters. The topological polar surface area (TPSA) is 77.4 Å². The number of aliphatic hydroxyl groups is 1. The normalized spacial score (nSPS) is 14.4. The van der Waals surface area contributed by atoms with E-state index < -0.39 is 15.4 Å². The Balaban J connectivity index is 0. The van der Waals surface area contributed by atoms with Crippen molar-refractivity contribution in [3.63, 3.8) is 0 Å². The molecule has 0 aliphatic heterocycles. The van der Waals surface area contributed by atoms with Crippen molar-refractivity contribution in [2.24, 2.45) is 0 Å². The monoisotopic (exact) mass is 344 g/mol. The number of hydrogen-bond donors (Lipinski definition) is 1. The molecular formula is C16H33NaO4S. The zero-order valence-electron chi connectivity index (χ0n) is 14.7. The SMILES string of the molecule is CCCCCC(O)CCCCCCCC(CC)S(=O)(=O)[O-].[Na+]. The Hall–Kier alpha value is 0.870. The first-order valence-electron chi connectivity index (χ1n) is 8.54. The van der Waals surface area contributed by atoms with Crippen LogP contribution in [0.1, 0.15) is 90.9 Å². The minimum Gasteiger partial charge on any atom is -0.748 e. The Labute approximate surface area is 159 Å². The molecule has 0 fully saturated rings. The van der Waals surface area contributed by atoms with Crippen molar-refractivity contribution in [3.8, 4) is 0 Å². The Morgan fingerprint density at radius 2 is 1.32 bits per heavy atom. The van der Waals surface area contributed by atoms with Crippen molar-refractivity contribution in [1.29, 1.82) is 0 Å². The van der Waals surface area contributed by atoms with Crippen molar-refractivity contribution in [3.05, 3.63) is 0 Å². The van der Waals surface area contributed by atoms with Crippen LogP contribution >= 0.6 is 0 Å². The summed E-state index contributed by atoms with van der Waals surface area (Å²) in [5.41, 5.74) is 0. The second-order valence-electron chi connectivity index (χ2n) is 6.02. The zero-order chi connectivity index (χ0) is 16.1. The minimum absolute atomic E-state index is 0. The van der Waals surface area contributed by atoms with Crippen molar-refractivity contribution < 1.29 is 47.6 Å². The Bertz CT molecular complexity index is 333. The van der Waals surface area contributed by atoms with Crippen LogP contribution in [0.5, 0.6) is 0 Å². The van der Waals surface area contributed by atoms with E-state index in [9.17, 15) is 18.1 Å². The van der Waals surface area contributed by atoms with E-state index in [1.807, 2.05) is 0 Å². The van der Waals surface area contributed by atoms with Crippen LogP contribution in [-0.4, -0.2) is 29.4 Å². The largest absolute Gasteiger partial charge is 1.00 e. The molecule has 0 aromatic heterocycles. The molecule has 4 nitrogen and oxygen atoms in total. The third kappa shape index (κ3) is 14.5. The summed E-state index contributed by atoms with van der Waals surface area (Å²) in [6, 6.07) is 0. The van der Waals surface area contributed by atoms with Gasteiger partial charge in [-0.15, -0.1) is 0 Å². The molecular weight excluding hydrogens is 311 g/mol. The molecule has 0 saturated heterocycles. The van der Waals surface area contributed by atoms with Crippen LogP contribution in [0.2, 0.25) is 0 Å². The summed E-state index contributed by atoms with van der Waals surface area (Å²) in [5, 5.41) is 9.06. The van der Waals surface area contributed by atoms with Crippen LogP contribution in [0.15, 0.2) is 0 Å². The molecule has 0 spiro atoms. The van der Waals surface area contributed by atoms with E-state index in [-0.39, 0.29) is 35.7 Å². The van der Waals surface area contributed by atoms with Crippen LogP contribution in [-0.2, 0) is 10.1 Å². The van der Waals surface area contributed by atoms with Gasteiger partial charge in [0.05, 0.1) is 16.2 Å². The predicted molar refractivity (Wildman–Crippen MR) is 86.2 cm³/mol. The minimum atomic E-state index is -4.12. The van der Waals surface area contributed by atoms with E-state index in [4.69, 9.17) is 0 Å². The van der Waals surface area contributed by atoms with E-state index in [0.29, 0.717) is 12.8 Å². The van der Waals surface area contributed by atoms with Gasteiger partial charge in [-0.1, -0.05) is 65.2 Å². The average Bonchev–Trinajstić information content (AvgIpc) is 2.40. The van der Waals surface area contributed by atoms with Crippen LogP contribution in [0.3, 0.4) is 0 Å². The average molecular weight is 344 g/mol. The van der Waals surface area contributed by atoms with Crippen molar-refractivity contribution >= 4 is 10.1 Å². The molecule has 6 heteroatoms. The maximum absolute atomic E-state index is 10.9. The van der Waals surface area contributed by atoms with Gasteiger partial charge in [-0.2, -0.15) is 0 Å². The van der Waals surface area contributed by atoms with E-state index in [0.717, 1.165) is 51.4 Å². The second kappa shape index (κ2) is 15.4. The molecule has 0 aliphatic rings. The molecule has 22 heavy (non-hydrogen) atoms. The summed E-state index contributed by atoms with van der Waals surface area (Å²) in [7, 11) is -4.12. The van der Waals surface area contributed by atoms with Gasteiger partial charge in [0.1, 0.15) is 0 Å². The van der Waals surface area contributed by atoms with Gasteiger partial charge in [0, 0.05) is 5.25 Å². The van der Waals surface area contributed by atoms with Gasteiger partial charge in [0.25, 0.3) is 0 Å². The molecule has 0 bridgehead atoms. The van der Waals surface area contributed by atoms with Crippen molar-refractivity contribution in [1.82, 2.24) is 0 Å². The fourth-order valence-corrected chi connectivity index (χ4v) is 3.47. The van der Waals surface area contributed by atoms with Gasteiger partial charge in [-0.05, 0) is 25.7 Å². The predicted octanol–water partition coefficient (Wildman–Crippen LogP) is 0.986. The van der Waals surface area contributed by atoms with Gasteiger partial charge >= 0.3 is 29.6 Å². The molecule has 0 aliphatic carbocycles. The van der Waals surface area contributed by atoms with Crippen LogP contribution in [0, 0.1) is 0 Å². The smallest absolute Gasteiger partial charge is 0.748 e. The molecule has 0 rings (SSSR count). The first kappa shape index (κ1) is 25.1. The summed E-state index contributed by atoms with van der Waals surface area (Å²) in [6.07, 6.45) is 10.9. The Morgan fingerprint density at radius 3 is 1.77 bits per heavy atom. The van der Waals surface area contributed by atoms with Gasteiger partial charge in [0.2, 0.25) is 0 Å². The van der Waals surface area contributed by atoms with Gasteiger partial charge in [-0.3, -0.25) is 0 Å². The maximum Gasteiger partial charge on any atom is 1.00 e.